The molecule has 0 fully saturated rings. The first-order valence-corrected chi connectivity index (χ1v) is 8.57. The molecule has 0 spiro atoms. The molecular weight excluding hydrogens is 314 g/mol. The molecule has 0 radical (unpaired) electrons. The zero-order valence-corrected chi connectivity index (χ0v) is 13.6. The van der Waals surface area contributed by atoms with Crippen molar-refractivity contribution < 1.29 is 4.79 Å². The fourth-order valence-corrected chi connectivity index (χ4v) is 3.78. The Bertz CT molecular complexity index is 796. The number of hydrogen-bond donors (Lipinski definition) is 2. The fraction of sp³-hybridized carbons (Fsp3) is 0.125. The summed E-state index contributed by atoms with van der Waals surface area (Å²) in [5, 5.41) is 0.513. The average molecular weight is 329 g/mol. The van der Waals surface area contributed by atoms with Gasteiger partial charge in [0.05, 0.1) is 11.0 Å². The van der Waals surface area contributed by atoms with Crippen LogP contribution in [0.4, 0.5) is 4.79 Å². The second-order valence-electron chi connectivity index (χ2n) is 4.81. The SMILES string of the molecule is Cc1c(CSc2nc3ccccc3[nH]2)cccc1SC(N)=O. The Kier molecular flexibility index (Phi) is 4.40. The van der Waals surface area contributed by atoms with Crippen molar-refractivity contribution in [1.82, 2.24) is 9.97 Å². The molecule has 3 aromatic rings. The van der Waals surface area contributed by atoms with Crippen LogP contribution >= 0.6 is 23.5 Å². The number of H-pyrrole nitrogens is 1. The van der Waals surface area contributed by atoms with Gasteiger partial charge in [-0.05, 0) is 48.0 Å². The molecule has 3 N–H and O–H groups in total. The molecule has 0 atom stereocenters. The number of para-hydroxylation sites is 2. The minimum Gasteiger partial charge on any atom is -0.360 e. The molecule has 6 heteroatoms. The molecule has 1 amide bonds. The van der Waals surface area contributed by atoms with E-state index in [9.17, 15) is 4.79 Å². The normalized spacial score (nSPS) is 11.0. The van der Waals surface area contributed by atoms with E-state index < -0.39 is 0 Å². The van der Waals surface area contributed by atoms with Gasteiger partial charge in [-0.1, -0.05) is 36.0 Å². The monoisotopic (exact) mass is 329 g/mol. The molecule has 3 rings (SSSR count). The molecule has 0 aliphatic rings. The predicted octanol–water partition coefficient (Wildman–Crippen LogP) is 4.33. The van der Waals surface area contributed by atoms with Crippen molar-refractivity contribution in [3.8, 4) is 0 Å². The van der Waals surface area contributed by atoms with Gasteiger partial charge >= 0.3 is 0 Å². The molecule has 1 heterocycles. The van der Waals surface area contributed by atoms with Crippen LogP contribution in [0, 0.1) is 6.92 Å². The highest BCUT2D eigenvalue weighted by atomic mass is 32.2. The van der Waals surface area contributed by atoms with E-state index in [1.807, 2.05) is 43.3 Å². The number of thioether (sulfide) groups is 2. The number of rotatable bonds is 4. The predicted molar refractivity (Wildman–Crippen MR) is 92.3 cm³/mol. The van der Waals surface area contributed by atoms with Gasteiger partial charge in [-0.25, -0.2) is 4.98 Å². The zero-order valence-electron chi connectivity index (χ0n) is 12.0. The highest BCUT2D eigenvalue weighted by Gasteiger charge is 2.09. The minimum absolute atomic E-state index is 0.384. The second-order valence-corrected chi connectivity index (χ2v) is 6.82. The van der Waals surface area contributed by atoms with Crippen LogP contribution in [0.2, 0.25) is 0 Å². The summed E-state index contributed by atoms with van der Waals surface area (Å²) in [5.41, 5.74) is 9.54. The van der Waals surface area contributed by atoms with Crippen molar-refractivity contribution in [2.45, 2.75) is 22.7 Å². The molecular formula is C16H15N3OS2. The van der Waals surface area contributed by atoms with Crippen molar-refractivity contribution in [2.75, 3.05) is 0 Å². The van der Waals surface area contributed by atoms with Gasteiger partial charge < -0.3 is 10.7 Å². The van der Waals surface area contributed by atoms with Crippen molar-refractivity contribution in [3.05, 3.63) is 53.6 Å². The highest BCUT2D eigenvalue weighted by molar-refractivity contribution is 8.13. The summed E-state index contributed by atoms with van der Waals surface area (Å²) >= 11 is 2.72. The smallest absolute Gasteiger partial charge is 0.281 e. The number of benzene rings is 2. The number of carbonyl (C=O) groups excluding carboxylic acids is 1. The number of primary amides is 1. The van der Waals surface area contributed by atoms with E-state index >= 15 is 0 Å². The number of nitrogens with zero attached hydrogens (tertiary/aromatic N) is 1. The number of aromatic nitrogens is 2. The number of carbonyl (C=O) groups is 1. The molecule has 1 aromatic heterocycles. The number of amides is 1. The number of aromatic amines is 1. The van der Waals surface area contributed by atoms with Gasteiger partial charge in [0.15, 0.2) is 5.16 Å². The number of nitrogens with one attached hydrogen (secondary N) is 1. The van der Waals surface area contributed by atoms with Gasteiger partial charge in [0.2, 0.25) is 0 Å². The Morgan fingerprint density at radius 3 is 2.82 bits per heavy atom. The third kappa shape index (κ3) is 3.28. The van der Waals surface area contributed by atoms with E-state index in [0.29, 0.717) is 0 Å². The Balaban J connectivity index is 1.77. The van der Waals surface area contributed by atoms with Gasteiger partial charge in [0, 0.05) is 10.6 Å². The highest BCUT2D eigenvalue weighted by Crippen LogP contribution is 2.29. The van der Waals surface area contributed by atoms with Gasteiger partial charge in [-0.2, -0.15) is 0 Å². The van der Waals surface area contributed by atoms with E-state index in [1.165, 1.54) is 5.56 Å². The first kappa shape index (κ1) is 15.0. The van der Waals surface area contributed by atoms with E-state index in [-0.39, 0.29) is 5.24 Å². The van der Waals surface area contributed by atoms with Crippen LogP contribution in [-0.4, -0.2) is 15.2 Å². The lowest BCUT2D eigenvalue weighted by atomic mass is 10.1. The van der Waals surface area contributed by atoms with Crippen LogP contribution in [0.3, 0.4) is 0 Å². The quantitative estimate of drug-likeness (QED) is 0.699. The molecule has 0 aliphatic carbocycles. The van der Waals surface area contributed by atoms with Crippen LogP contribution in [0.25, 0.3) is 11.0 Å². The lowest BCUT2D eigenvalue weighted by Gasteiger charge is -2.08. The Morgan fingerprint density at radius 2 is 2.05 bits per heavy atom. The summed E-state index contributed by atoms with van der Waals surface area (Å²) in [5.74, 6) is 0.790. The first-order chi connectivity index (χ1) is 10.6. The Labute approximate surface area is 136 Å². The van der Waals surface area contributed by atoms with Crippen molar-refractivity contribution >= 4 is 39.8 Å². The van der Waals surface area contributed by atoms with Crippen molar-refractivity contribution in [1.29, 1.82) is 0 Å². The molecule has 0 saturated heterocycles. The van der Waals surface area contributed by atoms with Gasteiger partial charge in [-0.15, -0.1) is 0 Å². The Hall–Kier alpha value is -1.92. The van der Waals surface area contributed by atoms with Crippen LogP contribution in [0.5, 0.6) is 0 Å². The number of hydrogen-bond acceptors (Lipinski definition) is 4. The second kappa shape index (κ2) is 6.46. The fourth-order valence-electron chi connectivity index (χ4n) is 2.18. The molecule has 0 bridgehead atoms. The zero-order chi connectivity index (χ0) is 15.5. The summed E-state index contributed by atoms with van der Waals surface area (Å²) in [7, 11) is 0. The third-order valence-electron chi connectivity index (χ3n) is 3.34. The lowest BCUT2D eigenvalue weighted by molar-refractivity contribution is 0.267. The van der Waals surface area contributed by atoms with Crippen LogP contribution in [0.15, 0.2) is 52.5 Å². The molecule has 112 valence electrons. The van der Waals surface area contributed by atoms with E-state index in [2.05, 4.69) is 16.0 Å². The van der Waals surface area contributed by atoms with Crippen molar-refractivity contribution in [3.63, 3.8) is 0 Å². The first-order valence-electron chi connectivity index (χ1n) is 6.77. The maximum absolute atomic E-state index is 11.1. The maximum Gasteiger partial charge on any atom is 0.281 e. The maximum atomic E-state index is 11.1. The summed E-state index contributed by atoms with van der Waals surface area (Å²) in [6, 6.07) is 13.9. The lowest BCUT2D eigenvalue weighted by Crippen LogP contribution is -2.02. The summed E-state index contributed by atoms with van der Waals surface area (Å²) < 4.78 is 0. The number of nitrogens with two attached hydrogens (primary N) is 1. The minimum atomic E-state index is -0.384. The van der Waals surface area contributed by atoms with Gasteiger partial charge in [0.25, 0.3) is 5.24 Å². The van der Waals surface area contributed by atoms with Crippen molar-refractivity contribution in [2.24, 2.45) is 5.73 Å². The topological polar surface area (TPSA) is 71.8 Å². The van der Waals surface area contributed by atoms with E-state index in [4.69, 9.17) is 5.73 Å². The van der Waals surface area contributed by atoms with Crippen LogP contribution in [0.1, 0.15) is 11.1 Å². The van der Waals surface area contributed by atoms with Crippen LogP contribution in [-0.2, 0) is 5.75 Å². The summed E-state index contributed by atoms with van der Waals surface area (Å²) in [4.78, 5) is 19.8. The summed E-state index contributed by atoms with van der Waals surface area (Å²) in [6.07, 6.45) is 0. The largest absolute Gasteiger partial charge is 0.360 e. The Morgan fingerprint density at radius 1 is 1.23 bits per heavy atom. The molecule has 0 aliphatic heterocycles. The van der Waals surface area contributed by atoms with Crippen LogP contribution < -0.4 is 5.73 Å². The number of fused-ring (bicyclic) bond motifs is 1. The number of imidazole rings is 1. The molecule has 0 unspecified atom stereocenters. The van der Waals surface area contributed by atoms with Gasteiger partial charge in [0.1, 0.15) is 0 Å². The molecule has 2 aromatic carbocycles. The average Bonchev–Trinajstić information content (AvgIpc) is 2.90. The van der Waals surface area contributed by atoms with E-state index in [0.717, 1.165) is 44.2 Å². The molecule has 0 saturated carbocycles. The molecule has 4 nitrogen and oxygen atoms in total. The van der Waals surface area contributed by atoms with E-state index in [1.54, 1.807) is 11.8 Å². The third-order valence-corrected chi connectivity index (χ3v) is 5.12. The summed E-state index contributed by atoms with van der Waals surface area (Å²) in [6.45, 7) is 2.01. The molecule has 22 heavy (non-hydrogen) atoms. The standard InChI is InChI=1S/C16H15N3OS2/c1-10-11(5-4-8-14(10)22-15(17)20)9-21-16-18-12-6-2-3-7-13(12)19-16/h2-8H,9H2,1H3,(H2,17,20)(H,18,19). The van der Waals surface area contributed by atoms with Gasteiger partial charge in [-0.3, -0.25) is 4.79 Å².